The first-order valence-electron chi connectivity index (χ1n) is 11.1. The van der Waals surface area contributed by atoms with Gasteiger partial charge in [0.05, 0.1) is 11.6 Å². The molecule has 1 fully saturated rings. The predicted octanol–water partition coefficient (Wildman–Crippen LogP) is 5.34. The van der Waals surface area contributed by atoms with Crippen LogP contribution in [0.25, 0.3) is 0 Å². The van der Waals surface area contributed by atoms with Crippen molar-refractivity contribution < 1.29 is 19.2 Å². The van der Waals surface area contributed by atoms with Gasteiger partial charge in [-0.1, -0.05) is 69.1 Å². The zero-order valence-corrected chi connectivity index (χ0v) is 19.0. The highest BCUT2D eigenvalue weighted by molar-refractivity contribution is 6.22. The van der Waals surface area contributed by atoms with Crippen molar-refractivity contribution in [2.24, 2.45) is 22.4 Å². The molecule has 1 aliphatic rings. The number of oxime groups is 1. The molecule has 2 rings (SSSR count). The topological polar surface area (TPSA) is 72.8 Å². The summed E-state index contributed by atoms with van der Waals surface area (Å²) in [4.78, 5) is 43.8. The summed E-state index contributed by atoms with van der Waals surface area (Å²) in [7, 11) is 0. The summed E-state index contributed by atoms with van der Waals surface area (Å²) < 4.78 is 0. The third-order valence-corrected chi connectivity index (χ3v) is 6.37. The molecule has 1 atom stereocenters. The van der Waals surface area contributed by atoms with Gasteiger partial charge in [0.1, 0.15) is 24.1 Å². The van der Waals surface area contributed by atoms with Crippen LogP contribution in [0.15, 0.2) is 29.4 Å². The lowest BCUT2D eigenvalue weighted by Gasteiger charge is -2.37. The van der Waals surface area contributed by atoms with Gasteiger partial charge in [-0.05, 0) is 31.6 Å². The second-order valence-corrected chi connectivity index (χ2v) is 8.69. The molecule has 1 aromatic rings. The minimum absolute atomic E-state index is 0.0114. The van der Waals surface area contributed by atoms with Crippen LogP contribution in [0.1, 0.15) is 82.1 Å². The highest BCUT2D eigenvalue weighted by Crippen LogP contribution is 2.41. The van der Waals surface area contributed by atoms with Gasteiger partial charge in [0.15, 0.2) is 5.78 Å². The highest BCUT2D eigenvalue weighted by atomic mass is 16.6. The Kier molecular flexibility index (Phi) is 8.51. The lowest BCUT2D eigenvalue weighted by atomic mass is 9.65. The Morgan fingerprint density at radius 2 is 1.67 bits per heavy atom. The Balaban J connectivity index is 2.07. The number of hydrogen-bond donors (Lipinski definition) is 0. The largest absolute Gasteiger partial charge is 0.395 e. The van der Waals surface area contributed by atoms with Crippen LogP contribution in [0.2, 0.25) is 0 Å². The Bertz CT molecular complexity index is 770. The van der Waals surface area contributed by atoms with Gasteiger partial charge < -0.3 is 4.84 Å². The third kappa shape index (κ3) is 5.65. The molecule has 0 radical (unpaired) electrons. The fourth-order valence-electron chi connectivity index (χ4n) is 4.12. The molecule has 0 aliphatic heterocycles. The zero-order chi connectivity index (χ0) is 22.3. The quantitative estimate of drug-likeness (QED) is 0.225. The molecule has 0 spiro atoms. The molecule has 0 aromatic heterocycles. The molecular weight excluding hydrogens is 378 g/mol. The Morgan fingerprint density at radius 1 is 1.10 bits per heavy atom. The van der Waals surface area contributed by atoms with Gasteiger partial charge in [-0.3, -0.25) is 14.4 Å². The van der Waals surface area contributed by atoms with E-state index in [1.807, 2.05) is 52.0 Å². The summed E-state index contributed by atoms with van der Waals surface area (Å²) in [5, 5.41) is 4.19. The summed E-state index contributed by atoms with van der Waals surface area (Å²) in [5.74, 6) is -1.27. The second kappa shape index (κ2) is 10.6. The average molecular weight is 414 g/mol. The van der Waals surface area contributed by atoms with E-state index in [0.717, 1.165) is 24.8 Å². The molecule has 0 N–H and O–H groups in total. The Hall–Kier alpha value is -2.30. The van der Waals surface area contributed by atoms with Crippen molar-refractivity contribution >= 4 is 23.1 Å². The van der Waals surface area contributed by atoms with Crippen molar-refractivity contribution in [2.45, 2.75) is 73.1 Å². The molecule has 1 aliphatic carbocycles. The maximum Gasteiger partial charge on any atom is 0.169 e. The molecule has 0 amide bonds. The predicted molar refractivity (Wildman–Crippen MR) is 119 cm³/mol. The van der Waals surface area contributed by atoms with E-state index in [-0.39, 0.29) is 35.3 Å². The number of benzene rings is 1. The first-order valence-corrected chi connectivity index (χ1v) is 11.1. The van der Waals surface area contributed by atoms with Gasteiger partial charge in [0.25, 0.3) is 0 Å². The molecule has 30 heavy (non-hydrogen) atoms. The molecular formula is C25H35NO4. The molecule has 0 bridgehead atoms. The van der Waals surface area contributed by atoms with E-state index in [0.29, 0.717) is 30.5 Å². The van der Waals surface area contributed by atoms with E-state index < -0.39 is 5.92 Å². The molecule has 5 heteroatoms. The number of ketones is 3. The fraction of sp³-hybridized carbons (Fsp3) is 0.600. The van der Waals surface area contributed by atoms with E-state index in [1.165, 1.54) is 0 Å². The standard InChI is InChI=1S/C25H35NO4/c1-6-9-20(23-21(27)14-25(7-2,8-3)15-22(23)28)26-30-16-18(5)24(29)19-12-10-17(4)11-13-19/h10-13,18,23H,6-9,14-16H2,1-5H3. The first kappa shape index (κ1) is 24.0. The van der Waals surface area contributed by atoms with E-state index in [1.54, 1.807) is 6.92 Å². The molecule has 0 heterocycles. The van der Waals surface area contributed by atoms with E-state index in [9.17, 15) is 14.4 Å². The molecule has 1 unspecified atom stereocenters. The summed E-state index contributed by atoms with van der Waals surface area (Å²) >= 11 is 0. The van der Waals surface area contributed by atoms with Gasteiger partial charge in [-0.15, -0.1) is 0 Å². The highest BCUT2D eigenvalue weighted by Gasteiger charge is 2.45. The van der Waals surface area contributed by atoms with Crippen molar-refractivity contribution in [3.8, 4) is 0 Å². The number of rotatable bonds is 10. The summed E-state index contributed by atoms with van der Waals surface area (Å²) in [6, 6.07) is 7.44. The lowest BCUT2D eigenvalue weighted by Crippen LogP contribution is -2.43. The van der Waals surface area contributed by atoms with Crippen LogP contribution >= 0.6 is 0 Å². The Labute approximate surface area is 180 Å². The zero-order valence-electron chi connectivity index (χ0n) is 19.0. The molecule has 164 valence electrons. The first-order chi connectivity index (χ1) is 14.3. The minimum Gasteiger partial charge on any atom is -0.395 e. The number of carbonyl (C=O) groups excluding carboxylic acids is 3. The SMILES string of the molecule is CCCC(=NOCC(C)C(=O)c1ccc(C)cc1)C1C(=O)CC(CC)(CC)CC1=O. The number of aryl methyl sites for hydroxylation is 1. The number of hydrogen-bond acceptors (Lipinski definition) is 5. The van der Waals surface area contributed by atoms with E-state index in [4.69, 9.17) is 4.84 Å². The molecule has 0 saturated heterocycles. The Morgan fingerprint density at radius 3 is 2.17 bits per heavy atom. The number of carbonyl (C=O) groups is 3. The summed E-state index contributed by atoms with van der Waals surface area (Å²) in [6.07, 6.45) is 3.78. The van der Waals surface area contributed by atoms with E-state index in [2.05, 4.69) is 5.16 Å². The van der Waals surface area contributed by atoms with Crippen LogP contribution in [0.5, 0.6) is 0 Å². The van der Waals surface area contributed by atoms with Crippen molar-refractivity contribution in [1.29, 1.82) is 0 Å². The van der Waals surface area contributed by atoms with Crippen LogP contribution in [-0.2, 0) is 14.4 Å². The molecule has 1 saturated carbocycles. The van der Waals surface area contributed by atoms with Crippen LogP contribution in [-0.4, -0.2) is 29.7 Å². The lowest BCUT2D eigenvalue weighted by molar-refractivity contribution is -0.137. The maximum absolute atomic E-state index is 12.9. The van der Waals surface area contributed by atoms with Gasteiger partial charge in [0, 0.05) is 18.4 Å². The minimum atomic E-state index is -0.792. The molecule has 5 nitrogen and oxygen atoms in total. The van der Waals surface area contributed by atoms with Crippen molar-refractivity contribution in [3.05, 3.63) is 35.4 Å². The third-order valence-electron chi connectivity index (χ3n) is 6.37. The second-order valence-electron chi connectivity index (χ2n) is 8.69. The maximum atomic E-state index is 12.9. The van der Waals surface area contributed by atoms with Gasteiger partial charge in [-0.25, -0.2) is 0 Å². The van der Waals surface area contributed by atoms with Crippen molar-refractivity contribution in [1.82, 2.24) is 0 Å². The van der Waals surface area contributed by atoms with Gasteiger partial charge >= 0.3 is 0 Å². The fourth-order valence-corrected chi connectivity index (χ4v) is 4.12. The average Bonchev–Trinajstić information content (AvgIpc) is 2.73. The van der Waals surface area contributed by atoms with Gasteiger partial charge in [-0.2, -0.15) is 0 Å². The number of Topliss-reactive ketones (excluding diaryl/α,β-unsaturated/α-hetero) is 3. The van der Waals surface area contributed by atoms with Crippen LogP contribution in [0.4, 0.5) is 0 Å². The monoisotopic (exact) mass is 413 g/mol. The normalized spacial score (nSPS) is 18.4. The summed E-state index contributed by atoms with van der Waals surface area (Å²) in [6.45, 7) is 9.96. The molecule has 1 aromatic carbocycles. The van der Waals surface area contributed by atoms with Crippen LogP contribution in [0.3, 0.4) is 0 Å². The van der Waals surface area contributed by atoms with Gasteiger partial charge in [0.2, 0.25) is 0 Å². The smallest absolute Gasteiger partial charge is 0.169 e. The number of nitrogens with zero attached hydrogens (tertiary/aromatic N) is 1. The van der Waals surface area contributed by atoms with Crippen LogP contribution in [0, 0.1) is 24.2 Å². The van der Waals surface area contributed by atoms with Crippen molar-refractivity contribution in [3.63, 3.8) is 0 Å². The van der Waals surface area contributed by atoms with E-state index >= 15 is 0 Å². The van der Waals surface area contributed by atoms with Crippen molar-refractivity contribution in [2.75, 3.05) is 6.61 Å². The summed E-state index contributed by atoms with van der Waals surface area (Å²) in [5.41, 5.74) is 2.03. The van der Waals surface area contributed by atoms with Crippen LogP contribution < -0.4 is 0 Å².